The van der Waals surface area contributed by atoms with Gasteiger partial charge in [0.25, 0.3) is 5.91 Å². The highest BCUT2D eigenvalue weighted by atomic mass is 16.5. The second-order valence-corrected chi connectivity index (χ2v) is 6.04. The molecule has 0 saturated carbocycles. The number of hydrogen-bond donors (Lipinski definition) is 0. The number of aryl methyl sites for hydroxylation is 1. The van der Waals surface area contributed by atoms with Gasteiger partial charge in [-0.05, 0) is 31.5 Å². The predicted molar refractivity (Wildman–Crippen MR) is 81.3 cm³/mol. The lowest BCUT2D eigenvalue weighted by molar-refractivity contribution is -0.0224. The molecule has 0 N–H and O–H groups in total. The minimum Gasteiger partial charge on any atom is -0.381 e. The molecule has 0 bridgehead atoms. The number of aromatic nitrogens is 1. The number of rotatable bonds is 4. The molecule has 2 saturated heterocycles. The Hall–Kier alpha value is -1.33. The van der Waals surface area contributed by atoms with Crippen LogP contribution in [0.2, 0.25) is 0 Å². The van der Waals surface area contributed by atoms with E-state index in [0.29, 0.717) is 12.1 Å². The molecule has 3 rings (SSSR count). The van der Waals surface area contributed by atoms with E-state index in [1.807, 2.05) is 34.8 Å². The first kappa shape index (κ1) is 14.6. The van der Waals surface area contributed by atoms with Crippen LogP contribution in [0.1, 0.15) is 30.3 Å². The van der Waals surface area contributed by atoms with Crippen LogP contribution in [0.4, 0.5) is 0 Å². The molecule has 21 heavy (non-hydrogen) atoms. The van der Waals surface area contributed by atoms with Crippen molar-refractivity contribution in [2.24, 2.45) is 7.05 Å². The number of likely N-dealkylation sites (N-methyl/N-ethyl adjacent to an activating group) is 1. The Balaban J connectivity index is 1.56. The topological polar surface area (TPSA) is 37.7 Å². The van der Waals surface area contributed by atoms with Crippen molar-refractivity contribution in [3.63, 3.8) is 0 Å². The highest BCUT2D eigenvalue weighted by Crippen LogP contribution is 2.24. The van der Waals surface area contributed by atoms with Gasteiger partial charge >= 0.3 is 0 Å². The van der Waals surface area contributed by atoms with Crippen molar-refractivity contribution in [1.82, 2.24) is 14.4 Å². The Morgan fingerprint density at radius 3 is 2.62 bits per heavy atom. The number of nitrogens with zero attached hydrogens (tertiary/aromatic N) is 3. The van der Waals surface area contributed by atoms with Crippen molar-refractivity contribution >= 4 is 5.91 Å². The van der Waals surface area contributed by atoms with Crippen LogP contribution in [0.25, 0.3) is 0 Å². The summed E-state index contributed by atoms with van der Waals surface area (Å²) in [5.41, 5.74) is 0.780. The largest absolute Gasteiger partial charge is 0.381 e. The van der Waals surface area contributed by atoms with Gasteiger partial charge in [-0.25, -0.2) is 0 Å². The second kappa shape index (κ2) is 6.20. The van der Waals surface area contributed by atoms with Crippen molar-refractivity contribution in [3.8, 4) is 0 Å². The molecule has 5 heteroatoms. The average Bonchev–Trinajstić information content (AvgIpc) is 2.89. The van der Waals surface area contributed by atoms with Gasteiger partial charge in [0.2, 0.25) is 0 Å². The Morgan fingerprint density at radius 2 is 2.05 bits per heavy atom. The molecule has 2 aliphatic rings. The summed E-state index contributed by atoms with van der Waals surface area (Å²) in [7, 11) is 1.92. The maximum Gasteiger partial charge on any atom is 0.270 e. The van der Waals surface area contributed by atoms with Gasteiger partial charge in [-0.1, -0.05) is 6.92 Å². The zero-order chi connectivity index (χ0) is 14.8. The van der Waals surface area contributed by atoms with E-state index in [-0.39, 0.29) is 5.91 Å². The summed E-state index contributed by atoms with van der Waals surface area (Å²) in [6, 6.07) is 4.96. The predicted octanol–water partition coefficient (Wildman–Crippen LogP) is 1.35. The molecular weight excluding hydrogens is 266 g/mol. The van der Waals surface area contributed by atoms with Crippen LogP contribution in [0.3, 0.4) is 0 Å². The van der Waals surface area contributed by atoms with Gasteiger partial charge in [-0.2, -0.15) is 0 Å². The Bertz CT molecular complexity index is 487. The lowest BCUT2D eigenvalue weighted by atomic mass is 10.00. The maximum absolute atomic E-state index is 12.4. The van der Waals surface area contributed by atoms with Crippen molar-refractivity contribution in [3.05, 3.63) is 24.0 Å². The number of amides is 1. The number of carbonyl (C=O) groups is 1. The highest BCUT2D eigenvalue weighted by Gasteiger charge is 2.38. The van der Waals surface area contributed by atoms with Gasteiger partial charge in [0.1, 0.15) is 5.69 Å². The molecule has 116 valence electrons. The van der Waals surface area contributed by atoms with Crippen LogP contribution in [0, 0.1) is 0 Å². The van der Waals surface area contributed by atoms with E-state index in [1.54, 1.807) is 0 Å². The van der Waals surface area contributed by atoms with Gasteiger partial charge in [-0.15, -0.1) is 0 Å². The number of likely N-dealkylation sites (tertiary alicyclic amines) is 1. The molecule has 2 fully saturated rings. The molecule has 0 spiro atoms. The van der Waals surface area contributed by atoms with Crippen molar-refractivity contribution in [1.29, 1.82) is 0 Å². The zero-order valence-electron chi connectivity index (χ0n) is 13.0. The van der Waals surface area contributed by atoms with E-state index in [4.69, 9.17) is 4.74 Å². The molecule has 0 aromatic carbocycles. The molecule has 0 aliphatic carbocycles. The van der Waals surface area contributed by atoms with E-state index >= 15 is 0 Å². The SMILES string of the molecule is CCN(C1CCOCC1)C1CN(C(=O)c2cccn2C)C1. The molecule has 2 aliphatic heterocycles. The third-order valence-corrected chi connectivity index (χ3v) is 4.81. The average molecular weight is 291 g/mol. The van der Waals surface area contributed by atoms with Crippen molar-refractivity contribution < 1.29 is 9.53 Å². The molecule has 0 atom stereocenters. The molecule has 1 amide bonds. The minimum atomic E-state index is 0.154. The van der Waals surface area contributed by atoms with Gasteiger partial charge in [0.15, 0.2) is 0 Å². The number of hydrogen-bond acceptors (Lipinski definition) is 3. The van der Waals surface area contributed by atoms with Crippen molar-refractivity contribution in [2.45, 2.75) is 31.8 Å². The smallest absolute Gasteiger partial charge is 0.270 e. The molecule has 3 heterocycles. The summed E-state index contributed by atoms with van der Waals surface area (Å²) >= 11 is 0. The van der Waals surface area contributed by atoms with Crippen LogP contribution in [0.15, 0.2) is 18.3 Å². The molecule has 5 nitrogen and oxygen atoms in total. The summed E-state index contributed by atoms with van der Waals surface area (Å²) in [5, 5.41) is 0. The number of ether oxygens (including phenoxy) is 1. The first-order valence-corrected chi connectivity index (χ1v) is 7.94. The summed E-state index contributed by atoms with van der Waals surface area (Å²) in [6.07, 6.45) is 4.16. The summed E-state index contributed by atoms with van der Waals surface area (Å²) in [6.45, 7) is 6.74. The van der Waals surface area contributed by atoms with Crippen LogP contribution in [-0.2, 0) is 11.8 Å². The lowest BCUT2D eigenvalue weighted by Gasteiger charge is -2.48. The Kier molecular flexibility index (Phi) is 4.31. The first-order chi connectivity index (χ1) is 10.2. The van der Waals surface area contributed by atoms with E-state index in [9.17, 15) is 4.79 Å². The molecular formula is C16H25N3O2. The van der Waals surface area contributed by atoms with Gasteiger partial charge < -0.3 is 14.2 Å². The zero-order valence-corrected chi connectivity index (χ0v) is 13.0. The molecule has 1 aromatic heterocycles. The summed E-state index contributed by atoms with van der Waals surface area (Å²) in [4.78, 5) is 16.9. The first-order valence-electron chi connectivity index (χ1n) is 7.94. The quantitative estimate of drug-likeness (QED) is 0.840. The van der Waals surface area contributed by atoms with Crippen LogP contribution in [0.5, 0.6) is 0 Å². The summed E-state index contributed by atoms with van der Waals surface area (Å²) in [5.74, 6) is 0.154. The standard InChI is InChI=1S/C16H25N3O2/c1-3-19(13-6-9-21-10-7-13)14-11-18(12-14)16(20)15-5-4-8-17(15)2/h4-5,8,13-14H,3,6-7,9-12H2,1-2H3. The van der Waals surface area contributed by atoms with Crippen LogP contribution >= 0.6 is 0 Å². The van der Waals surface area contributed by atoms with E-state index < -0.39 is 0 Å². The van der Waals surface area contributed by atoms with Gasteiger partial charge in [0.05, 0.1) is 0 Å². The maximum atomic E-state index is 12.4. The van der Waals surface area contributed by atoms with E-state index in [2.05, 4.69) is 11.8 Å². The van der Waals surface area contributed by atoms with Gasteiger partial charge in [0, 0.05) is 51.6 Å². The van der Waals surface area contributed by atoms with Crippen molar-refractivity contribution in [2.75, 3.05) is 32.8 Å². The molecule has 0 unspecified atom stereocenters. The highest BCUT2D eigenvalue weighted by molar-refractivity contribution is 5.93. The van der Waals surface area contributed by atoms with E-state index in [1.165, 1.54) is 0 Å². The lowest BCUT2D eigenvalue weighted by Crippen LogP contribution is -2.63. The minimum absolute atomic E-state index is 0.154. The summed E-state index contributed by atoms with van der Waals surface area (Å²) < 4.78 is 7.35. The third kappa shape index (κ3) is 2.85. The van der Waals surface area contributed by atoms with Crippen LogP contribution in [-0.4, -0.2) is 65.2 Å². The molecule has 1 aromatic rings. The number of carbonyl (C=O) groups excluding carboxylic acids is 1. The monoisotopic (exact) mass is 291 g/mol. The normalized spacial score (nSPS) is 20.8. The van der Waals surface area contributed by atoms with E-state index in [0.717, 1.165) is 51.4 Å². The molecule has 0 radical (unpaired) electrons. The fraction of sp³-hybridized carbons (Fsp3) is 0.688. The fourth-order valence-electron chi connectivity index (χ4n) is 3.51. The second-order valence-electron chi connectivity index (χ2n) is 6.04. The third-order valence-electron chi connectivity index (χ3n) is 4.81. The van der Waals surface area contributed by atoms with Gasteiger partial charge in [-0.3, -0.25) is 9.69 Å². The Labute approximate surface area is 126 Å². The van der Waals surface area contributed by atoms with Crippen LogP contribution < -0.4 is 0 Å². The Morgan fingerprint density at radius 1 is 1.33 bits per heavy atom. The fourth-order valence-corrected chi connectivity index (χ4v) is 3.51.